The molecule has 1 aliphatic rings. The summed E-state index contributed by atoms with van der Waals surface area (Å²) in [5.41, 5.74) is 0. The Balaban J connectivity index is 3.59. The van der Waals surface area contributed by atoms with Crippen LogP contribution in [0.15, 0.2) is 0 Å². The van der Waals surface area contributed by atoms with Gasteiger partial charge < -0.3 is 0 Å². The van der Waals surface area contributed by atoms with Crippen molar-refractivity contribution in [2.45, 2.75) is 30.1 Å². The van der Waals surface area contributed by atoms with E-state index in [1.807, 2.05) is 0 Å². The molecule has 1 aliphatic carbocycles. The van der Waals surface area contributed by atoms with Gasteiger partial charge in [-0.3, -0.25) is 0 Å². The topological polar surface area (TPSA) is 0 Å². The van der Waals surface area contributed by atoms with E-state index in [-0.39, 0.29) is 0 Å². The second kappa shape index (κ2) is 3.62. The van der Waals surface area contributed by atoms with E-state index in [1.165, 1.54) is 0 Å². The van der Waals surface area contributed by atoms with Crippen molar-refractivity contribution >= 4 is 0 Å². The Labute approximate surface area is 95.9 Å². The number of alkyl halides is 12. The number of halogens is 12. The highest BCUT2D eigenvalue weighted by Crippen LogP contribution is 2.68. The van der Waals surface area contributed by atoms with Crippen molar-refractivity contribution in [1.82, 2.24) is 0 Å². The lowest BCUT2D eigenvalue weighted by atomic mass is 9.91. The van der Waals surface area contributed by atoms with Gasteiger partial charge >= 0.3 is 30.1 Å². The van der Waals surface area contributed by atoms with Crippen LogP contribution in [0.25, 0.3) is 0 Å². The van der Waals surface area contributed by atoms with Crippen LogP contribution >= 0.6 is 0 Å². The Morgan fingerprint density at radius 1 is 0.526 bits per heavy atom. The third-order valence-corrected chi connectivity index (χ3v) is 2.66. The Morgan fingerprint density at radius 3 is 0.895 bits per heavy atom. The van der Waals surface area contributed by atoms with Crippen LogP contribution < -0.4 is 0 Å². The van der Waals surface area contributed by atoms with E-state index >= 15 is 0 Å². The van der Waals surface area contributed by atoms with Gasteiger partial charge in [-0.2, -0.15) is 52.7 Å². The third-order valence-electron chi connectivity index (χ3n) is 2.66. The molecule has 0 nitrogen and oxygen atoms in total. The zero-order chi connectivity index (χ0) is 15.7. The SMILES string of the molecule is FC(F)(F)C1C(C(F)(F)F)C(F)(F)C(F)(F)C1(F)F. The lowest BCUT2D eigenvalue weighted by Crippen LogP contribution is -2.50. The Bertz CT molecular complexity index is 325. The van der Waals surface area contributed by atoms with Crippen molar-refractivity contribution in [3.8, 4) is 0 Å². The highest BCUT2D eigenvalue weighted by molar-refractivity contribution is 5.16. The van der Waals surface area contributed by atoms with E-state index < -0.39 is 42.0 Å². The molecule has 1 rings (SSSR count). The average Bonchev–Trinajstić information content (AvgIpc) is 2.18. The minimum absolute atomic E-state index is 5.22. The Hall–Kier alpha value is -0.840. The van der Waals surface area contributed by atoms with E-state index in [2.05, 4.69) is 0 Å². The van der Waals surface area contributed by atoms with Crippen LogP contribution in [0.2, 0.25) is 0 Å². The summed E-state index contributed by atoms with van der Waals surface area (Å²) in [6, 6.07) is 0. The fourth-order valence-corrected chi connectivity index (χ4v) is 1.82. The molecule has 2 atom stereocenters. The molecule has 0 heterocycles. The monoisotopic (exact) mass is 314 g/mol. The Kier molecular flexibility index (Phi) is 3.09. The molecule has 0 spiro atoms. The summed E-state index contributed by atoms with van der Waals surface area (Å²) in [5, 5.41) is 0. The van der Waals surface area contributed by atoms with Gasteiger partial charge in [0.2, 0.25) is 0 Å². The van der Waals surface area contributed by atoms with Gasteiger partial charge in [0.1, 0.15) is 11.8 Å². The van der Waals surface area contributed by atoms with Gasteiger partial charge in [0.15, 0.2) is 0 Å². The molecule has 19 heavy (non-hydrogen) atoms. The van der Waals surface area contributed by atoms with E-state index in [9.17, 15) is 52.7 Å². The normalized spacial score (nSPS) is 33.5. The molecule has 0 amide bonds. The Morgan fingerprint density at radius 2 is 0.737 bits per heavy atom. The van der Waals surface area contributed by atoms with Gasteiger partial charge in [0.25, 0.3) is 0 Å². The smallest absolute Gasteiger partial charge is 0.199 e. The molecule has 1 saturated carbocycles. The molecule has 2 unspecified atom stereocenters. The van der Waals surface area contributed by atoms with Gasteiger partial charge in [-0.25, -0.2) is 0 Å². The summed E-state index contributed by atoms with van der Waals surface area (Å²) in [6.45, 7) is 0. The molecule has 0 aromatic rings. The molecule has 0 aliphatic heterocycles. The van der Waals surface area contributed by atoms with Gasteiger partial charge in [0, 0.05) is 0 Å². The largest absolute Gasteiger partial charge is 0.398 e. The fourth-order valence-electron chi connectivity index (χ4n) is 1.82. The lowest BCUT2D eigenvalue weighted by Gasteiger charge is -2.27. The summed E-state index contributed by atoms with van der Waals surface area (Å²) < 4.78 is 148. The van der Waals surface area contributed by atoms with Crippen molar-refractivity contribution in [3.63, 3.8) is 0 Å². The molecule has 0 bridgehead atoms. The highest BCUT2D eigenvalue weighted by atomic mass is 19.4. The van der Waals surface area contributed by atoms with Gasteiger partial charge in [-0.15, -0.1) is 0 Å². The minimum Gasteiger partial charge on any atom is -0.199 e. The fraction of sp³-hybridized carbons (Fsp3) is 1.00. The van der Waals surface area contributed by atoms with Crippen LogP contribution in [-0.2, 0) is 0 Å². The number of hydrogen-bond donors (Lipinski definition) is 0. The third kappa shape index (κ3) is 1.93. The van der Waals surface area contributed by atoms with Gasteiger partial charge in [-0.1, -0.05) is 0 Å². The van der Waals surface area contributed by atoms with Crippen LogP contribution in [0.3, 0.4) is 0 Å². The average molecular weight is 314 g/mol. The lowest BCUT2D eigenvalue weighted by molar-refractivity contribution is -0.301. The molecular weight excluding hydrogens is 312 g/mol. The van der Waals surface area contributed by atoms with E-state index in [1.54, 1.807) is 0 Å². The zero-order valence-corrected chi connectivity index (χ0v) is 8.19. The predicted molar refractivity (Wildman–Crippen MR) is 33.9 cm³/mol. The molecule has 0 aromatic heterocycles. The van der Waals surface area contributed by atoms with E-state index in [0.29, 0.717) is 0 Å². The van der Waals surface area contributed by atoms with Crippen LogP contribution in [0.1, 0.15) is 0 Å². The second-order valence-electron chi connectivity index (χ2n) is 3.86. The van der Waals surface area contributed by atoms with E-state index in [4.69, 9.17) is 0 Å². The minimum atomic E-state index is -6.76. The van der Waals surface area contributed by atoms with Gasteiger partial charge in [0.05, 0.1) is 0 Å². The van der Waals surface area contributed by atoms with Crippen molar-refractivity contribution in [1.29, 1.82) is 0 Å². The first kappa shape index (κ1) is 16.2. The standard InChI is InChI=1S/C7H2F12/c8-3(9)1(5(12,13)14)2(6(15,16)17)4(10,11)7(3,18)19/h1-2H. The molecule has 0 N–H and O–H groups in total. The maximum atomic E-state index is 12.7. The first-order chi connectivity index (χ1) is 7.99. The van der Waals surface area contributed by atoms with Crippen molar-refractivity contribution < 1.29 is 52.7 Å². The van der Waals surface area contributed by atoms with Crippen LogP contribution in [0.4, 0.5) is 52.7 Å². The summed E-state index contributed by atoms with van der Waals surface area (Å²) in [4.78, 5) is 0. The molecule has 0 saturated heterocycles. The molecule has 0 radical (unpaired) electrons. The molecule has 1 fully saturated rings. The first-order valence-electron chi connectivity index (χ1n) is 4.26. The highest BCUT2D eigenvalue weighted by Gasteiger charge is 2.92. The summed E-state index contributed by atoms with van der Waals surface area (Å²) in [5.74, 6) is -30.3. The first-order valence-corrected chi connectivity index (χ1v) is 4.26. The molecule has 0 aromatic carbocycles. The quantitative estimate of drug-likeness (QED) is 0.586. The predicted octanol–water partition coefficient (Wildman–Crippen LogP) is 4.26. The van der Waals surface area contributed by atoms with Crippen molar-refractivity contribution in [2.75, 3.05) is 0 Å². The molecular formula is C7H2F12. The van der Waals surface area contributed by atoms with Crippen LogP contribution in [0, 0.1) is 11.8 Å². The summed E-state index contributed by atoms with van der Waals surface area (Å²) >= 11 is 0. The maximum absolute atomic E-state index is 12.7. The summed E-state index contributed by atoms with van der Waals surface area (Å²) in [6.07, 6.45) is -13.2. The maximum Gasteiger partial charge on any atom is 0.398 e. The second-order valence-corrected chi connectivity index (χ2v) is 3.86. The van der Waals surface area contributed by atoms with Crippen molar-refractivity contribution in [3.05, 3.63) is 0 Å². The van der Waals surface area contributed by atoms with Crippen molar-refractivity contribution in [2.24, 2.45) is 11.8 Å². The zero-order valence-electron chi connectivity index (χ0n) is 8.19. The van der Waals surface area contributed by atoms with Gasteiger partial charge in [-0.05, 0) is 0 Å². The summed E-state index contributed by atoms with van der Waals surface area (Å²) in [7, 11) is 0. The number of hydrogen-bond acceptors (Lipinski definition) is 0. The number of rotatable bonds is 0. The molecule has 114 valence electrons. The van der Waals surface area contributed by atoms with E-state index in [0.717, 1.165) is 0 Å². The van der Waals surface area contributed by atoms with Crippen LogP contribution in [0.5, 0.6) is 0 Å². The molecule has 12 heteroatoms. The van der Waals surface area contributed by atoms with Crippen LogP contribution in [-0.4, -0.2) is 30.1 Å².